The normalized spacial score (nSPS) is 11.9. The van der Waals surface area contributed by atoms with Crippen molar-refractivity contribution in [2.75, 3.05) is 15.7 Å². The predicted molar refractivity (Wildman–Crippen MR) is 102 cm³/mol. The molecule has 8 nitrogen and oxygen atoms in total. The third-order valence-electron chi connectivity index (χ3n) is 3.48. The summed E-state index contributed by atoms with van der Waals surface area (Å²) >= 11 is 0. The molecule has 0 aliphatic heterocycles. The second-order valence-corrected chi connectivity index (χ2v) is 9.15. The Morgan fingerprint density at radius 3 is 2.22 bits per heavy atom. The highest BCUT2D eigenvalue weighted by atomic mass is 32.2. The summed E-state index contributed by atoms with van der Waals surface area (Å²) in [5.74, 6) is 0.201. The zero-order valence-corrected chi connectivity index (χ0v) is 15.7. The summed E-state index contributed by atoms with van der Waals surface area (Å²) < 4.78 is 57.8. The van der Waals surface area contributed by atoms with Gasteiger partial charge in [-0.1, -0.05) is 6.07 Å². The van der Waals surface area contributed by atoms with Crippen LogP contribution in [0, 0.1) is 0 Å². The molecule has 0 unspecified atom stereocenters. The third-order valence-corrected chi connectivity index (χ3v) is 5.47. The van der Waals surface area contributed by atoms with Gasteiger partial charge >= 0.3 is 0 Å². The van der Waals surface area contributed by atoms with Gasteiger partial charge in [-0.05, 0) is 48.5 Å². The van der Waals surface area contributed by atoms with Crippen LogP contribution in [0.1, 0.15) is 0 Å². The van der Waals surface area contributed by atoms with E-state index in [-0.39, 0.29) is 27.6 Å². The van der Waals surface area contributed by atoms with Crippen molar-refractivity contribution in [1.82, 2.24) is 0 Å². The Morgan fingerprint density at radius 2 is 1.59 bits per heavy atom. The minimum absolute atomic E-state index is 0.0897. The molecule has 0 fully saturated rings. The maximum Gasteiger partial charge on any atom is 0.261 e. The Morgan fingerprint density at radius 1 is 0.889 bits per heavy atom. The van der Waals surface area contributed by atoms with Gasteiger partial charge in [0.1, 0.15) is 11.5 Å². The lowest BCUT2D eigenvalue weighted by atomic mass is 10.1. The van der Waals surface area contributed by atoms with Crippen molar-refractivity contribution < 1.29 is 26.4 Å². The van der Waals surface area contributed by atoms with Gasteiger partial charge in [-0.2, -0.15) is 0 Å². The van der Waals surface area contributed by atoms with E-state index in [0.717, 1.165) is 6.26 Å². The quantitative estimate of drug-likeness (QED) is 0.576. The Labute approximate surface area is 156 Å². The zero-order chi connectivity index (χ0) is 19.7. The van der Waals surface area contributed by atoms with Crippen LogP contribution in [0.15, 0.2) is 70.2 Å². The highest BCUT2D eigenvalue weighted by Crippen LogP contribution is 2.32. The maximum atomic E-state index is 12.7. The van der Waals surface area contributed by atoms with E-state index in [1.165, 1.54) is 48.7 Å². The summed E-state index contributed by atoms with van der Waals surface area (Å²) in [6, 6.07) is 12.9. The molecule has 142 valence electrons. The molecule has 0 radical (unpaired) electrons. The molecule has 2 aromatic carbocycles. The molecule has 3 N–H and O–H groups in total. The number of phenols is 1. The van der Waals surface area contributed by atoms with Gasteiger partial charge in [0.05, 0.1) is 34.4 Å². The molecule has 3 rings (SSSR count). The number of furan rings is 1. The lowest BCUT2D eigenvalue weighted by Gasteiger charge is -2.11. The topological polar surface area (TPSA) is 126 Å². The SMILES string of the molecule is CS(=O)(=O)Nc1cccc(NS(=O)(=O)c2ccc(O)c(-c3ccco3)c2)c1. The number of nitrogens with one attached hydrogen (secondary N) is 2. The van der Waals surface area contributed by atoms with Crippen LogP contribution in [0.3, 0.4) is 0 Å². The lowest BCUT2D eigenvalue weighted by Crippen LogP contribution is -2.14. The van der Waals surface area contributed by atoms with E-state index in [0.29, 0.717) is 5.76 Å². The molecule has 0 aliphatic rings. The molecule has 0 aliphatic carbocycles. The molecule has 3 aromatic rings. The van der Waals surface area contributed by atoms with Gasteiger partial charge in [-0.25, -0.2) is 16.8 Å². The van der Waals surface area contributed by atoms with Crippen molar-refractivity contribution >= 4 is 31.4 Å². The first-order chi connectivity index (χ1) is 12.6. The van der Waals surface area contributed by atoms with E-state index in [4.69, 9.17) is 4.42 Å². The Balaban J connectivity index is 1.92. The fourth-order valence-electron chi connectivity index (χ4n) is 2.39. The summed E-state index contributed by atoms with van der Waals surface area (Å²) in [5, 5.41) is 9.97. The smallest absolute Gasteiger partial charge is 0.261 e. The highest BCUT2D eigenvalue weighted by molar-refractivity contribution is 7.92. The van der Waals surface area contributed by atoms with Gasteiger partial charge < -0.3 is 9.52 Å². The standard InChI is InChI=1S/C17H16N2O6S2/c1-26(21,22)18-12-4-2-5-13(10-12)19-27(23,24)14-7-8-16(20)15(11-14)17-6-3-9-25-17/h2-11,18-20H,1H3. The fraction of sp³-hybridized carbons (Fsp3) is 0.0588. The van der Waals surface area contributed by atoms with Crippen LogP contribution < -0.4 is 9.44 Å². The number of hydrogen-bond acceptors (Lipinski definition) is 6. The minimum atomic E-state index is -3.98. The van der Waals surface area contributed by atoms with Crippen LogP contribution in [0.25, 0.3) is 11.3 Å². The van der Waals surface area contributed by atoms with E-state index >= 15 is 0 Å². The average Bonchev–Trinajstić information content (AvgIpc) is 3.07. The molecule has 0 atom stereocenters. The molecule has 0 spiro atoms. The van der Waals surface area contributed by atoms with Gasteiger partial charge in [-0.15, -0.1) is 0 Å². The molecule has 27 heavy (non-hydrogen) atoms. The summed E-state index contributed by atoms with van der Waals surface area (Å²) in [5.41, 5.74) is 0.631. The number of anilines is 2. The van der Waals surface area contributed by atoms with E-state index < -0.39 is 20.0 Å². The Bertz CT molecular complexity index is 1170. The molecule has 10 heteroatoms. The first-order valence-corrected chi connectivity index (χ1v) is 11.0. The van der Waals surface area contributed by atoms with E-state index in [1.54, 1.807) is 12.1 Å². The Hall–Kier alpha value is -2.98. The van der Waals surface area contributed by atoms with Crippen LogP contribution in [-0.2, 0) is 20.0 Å². The zero-order valence-electron chi connectivity index (χ0n) is 14.1. The maximum absolute atomic E-state index is 12.7. The first-order valence-electron chi connectivity index (χ1n) is 7.62. The van der Waals surface area contributed by atoms with E-state index in [9.17, 15) is 21.9 Å². The third kappa shape index (κ3) is 4.60. The molecular weight excluding hydrogens is 392 g/mol. The predicted octanol–water partition coefficient (Wildman–Crippen LogP) is 2.82. The van der Waals surface area contributed by atoms with Gasteiger partial charge in [-0.3, -0.25) is 9.44 Å². The van der Waals surface area contributed by atoms with Crippen molar-refractivity contribution in [3.63, 3.8) is 0 Å². The van der Waals surface area contributed by atoms with Crippen LogP contribution in [0.2, 0.25) is 0 Å². The van der Waals surface area contributed by atoms with E-state index in [1.807, 2.05) is 0 Å². The number of aromatic hydroxyl groups is 1. The molecule has 0 saturated heterocycles. The summed E-state index contributed by atoms with van der Waals surface area (Å²) in [6.07, 6.45) is 2.41. The van der Waals surface area contributed by atoms with Crippen LogP contribution in [0.5, 0.6) is 5.75 Å². The number of phenolic OH excluding ortho intramolecular Hbond substituents is 1. The second-order valence-electron chi connectivity index (χ2n) is 5.72. The van der Waals surface area contributed by atoms with Gasteiger partial charge in [0.15, 0.2) is 0 Å². The van der Waals surface area contributed by atoms with Crippen molar-refractivity contribution in [3.8, 4) is 17.1 Å². The monoisotopic (exact) mass is 408 g/mol. The van der Waals surface area contributed by atoms with Crippen molar-refractivity contribution in [3.05, 3.63) is 60.9 Å². The summed E-state index contributed by atoms with van der Waals surface area (Å²) in [4.78, 5) is -0.0897. The van der Waals surface area contributed by atoms with Gasteiger partial charge in [0.25, 0.3) is 10.0 Å². The van der Waals surface area contributed by atoms with Crippen molar-refractivity contribution in [2.24, 2.45) is 0 Å². The number of hydrogen-bond donors (Lipinski definition) is 3. The molecule has 0 amide bonds. The molecular formula is C17H16N2O6S2. The minimum Gasteiger partial charge on any atom is -0.507 e. The van der Waals surface area contributed by atoms with Crippen LogP contribution in [0.4, 0.5) is 11.4 Å². The van der Waals surface area contributed by atoms with Gasteiger partial charge in [0.2, 0.25) is 10.0 Å². The average molecular weight is 408 g/mol. The number of benzene rings is 2. The summed E-state index contributed by atoms with van der Waals surface area (Å²) in [6.45, 7) is 0. The number of sulfonamides is 2. The molecule has 0 bridgehead atoms. The lowest BCUT2D eigenvalue weighted by molar-refractivity contribution is 0.473. The van der Waals surface area contributed by atoms with Crippen molar-refractivity contribution in [2.45, 2.75) is 4.90 Å². The van der Waals surface area contributed by atoms with Gasteiger partial charge in [0, 0.05) is 0 Å². The summed E-state index contributed by atoms with van der Waals surface area (Å²) in [7, 11) is -7.47. The largest absolute Gasteiger partial charge is 0.507 e. The molecule has 0 saturated carbocycles. The van der Waals surface area contributed by atoms with Crippen LogP contribution in [-0.4, -0.2) is 28.2 Å². The fourth-order valence-corrected chi connectivity index (χ4v) is 4.02. The first kappa shape index (κ1) is 18.8. The van der Waals surface area contributed by atoms with E-state index in [2.05, 4.69) is 9.44 Å². The highest BCUT2D eigenvalue weighted by Gasteiger charge is 2.18. The van der Waals surface area contributed by atoms with Crippen molar-refractivity contribution in [1.29, 1.82) is 0 Å². The second kappa shape index (κ2) is 6.97. The Kier molecular flexibility index (Phi) is 4.85. The number of rotatable bonds is 6. The van der Waals surface area contributed by atoms with Crippen LogP contribution >= 0.6 is 0 Å². The molecule has 1 aromatic heterocycles. The molecule has 1 heterocycles.